The molecule has 33 heavy (non-hydrogen) atoms. The molecule has 0 spiro atoms. The lowest BCUT2D eigenvalue weighted by Gasteiger charge is -2.35. The number of carbonyl (C=O) groups is 1. The van der Waals surface area contributed by atoms with Crippen molar-refractivity contribution in [3.05, 3.63) is 65.7 Å². The molecule has 9 heteroatoms. The summed E-state index contributed by atoms with van der Waals surface area (Å²) >= 11 is 1.45. The molecule has 7 nitrogen and oxygen atoms in total. The Balaban J connectivity index is 1.44. The molecule has 0 atom stereocenters. The van der Waals surface area contributed by atoms with E-state index in [1.165, 1.54) is 23.9 Å². The second-order valence-electron chi connectivity index (χ2n) is 7.70. The van der Waals surface area contributed by atoms with E-state index in [0.29, 0.717) is 41.1 Å². The fraction of sp³-hybridized carbons (Fsp3) is 0.333. The summed E-state index contributed by atoms with van der Waals surface area (Å²) in [6, 6.07) is 12.0. The molecule has 1 saturated heterocycles. The van der Waals surface area contributed by atoms with Crippen LogP contribution in [0, 0.1) is 5.82 Å². The third kappa shape index (κ3) is 4.99. The van der Waals surface area contributed by atoms with Crippen molar-refractivity contribution in [3.8, 4) is 17.2 Å². The van der Waals surface area contributed by atoms with E-state index in [0.717, 1.165) is 25.2 Å². The standard InChI is InChI=1S/C24H27FN4O3S/c1-31-21-9-4-17(14-22(21)32-2)16-27-10-12-28(13-11-27)23(30)20-15-26-24(33-3)29(20)19-7-5-18(25)6-8-19/h4-9,14-15H,10-13,16H2,1-3H3. The quantitative estimate of drug-likeness (QED) is 0.491. The molecule has 2 heterocycles. The Labute approximate surface area is 197 Å². The second kappa shape index (κ2) is 10.3. The van der Waals surface area contributed by atoms with Gasteiger partial charge in [0, 0.05) is 38.4 Å². The topological polar surface area (TPSA) is 59.8 Å². The van der Waals surface area contributed by atoms with Crippen molar-refractivity contribution in [2.45, 2.75) is 11.7 Å². The molecule has 1 fully saturated rings. The Kier molecular flexibility index (Phi) is 7.20. The zero-order valence-corrected chi connectivity index (χ0v) is 19.8. The van der Waals surface area contributed by atoms with Crippen LogP contribution in [0.4, 0.5) is 4.39 Å². The Hall–Kier alpha value is -3.04. The summed E-state index contributed by atoms with van der Waals surface area (Å²) < 4.78 is 25.9. The molecule has 0 saturated carbocycles. The highest BCUT2D eigenvalue weighted by Crippen LogP contribution is 2.28. The van der Waals surface area contributed by atoms with Crippen molar-refractivity contribution >= 4 is 17.7 Å². The maximum absolute atomic E-state index is 13.4. The van der Waals surface area contributed by atoms with Crippen molar-refractivity contribution in [1.82, 2.24) is 19.4 Å². The van der Waals surface area contributed by atoms with Crippen LogP contribution < -0.4 is 9.47 Å². The highest BCUT2D eigenvalue weighted by atomic mass is 32.2. The van der Waals surface area contributed by atoms with E-state index in [9.17, 15) is 9.18 Å². The number of rotatable bonds is 7. The SMILES string of the molecule is COc1ccc(CN2CCN(C(=O)c3cnc(SC)n3-c3ccc(F)cc3)CC2)cc1OC. The first-order chi connectivity index (χ1) is 16.0. The van der Waals surface area contributed by atoms with Gasteiger partial charge in [0.05, 0.1) is 20.4 Å². The van der Waals surface area contributed by atoms with Gasteiger partial charge in [-0.05, 0) is 48.2 Å². The first-order valence-electron chi connectivity index (χ1n) is 10.6. The number of halogens is 1. The van der Waals surface area contributed by atoms with Gasteiger partial charge in [-0.1, -0.05) is 17.8 Å². The molecule has 174 valence electrons. The van der Waals surface area contributed by atoms with E-state index in [-0.39, 0.29) is 11.7 Å². The molecular formula is C24H27FN4O3S. The summed E-state index contributed by atoms with van der Waals surface area (Å²) in [5.74, 6) is 1.03. The van der Waals surface area contributed by atoms with Gasteiger partial charge < -0.3 is 14.4 Å². The molecule has 1 aliphatic rings. The molecule has 3 aromatic rings. The van der Waals surface area contributed by atoms with Crippen molar-refractivity contribution < 1.29 is 18.7 Å². The number of imidazole rings is 1. The molecule has 2 aromatic carbocycles. The predicted octanol–water partition coefficient (Wildman–Crippen LogP) is 3.71. The number of aromatic nitrogens is 2. The van der Waals surface area contributed by atoms with Crippen LogP contribution in [0.15, 0.2) is 53.8 Å². The average Bonchev–Trinajstić information content (AvgIpc) is 3.28. The van der Waals surface area contributed by atoms with Gasteiger partial charge in [-0.3, -0.25) is 14.3 Å². The van der Waals surface area contributed by atoms with E-state index in [1.807, 2.05) is 29.4 Å². The van der Waals surface area contributed by atoms with Gasteiger partial charge in [0.1, 0.15) is 11.5 Å². The number of thioether (sulfide) groups is 1. The minimum atomic E-state index is -0.317. The van der Waals surface area contributed by atoms with E-state index in [2.05, 4.69) is 9.88 Å². The molecule has 0 aliphatic carbocycles. The van der Waals surface area contributed by atoms with E-state index >= 15 is 0 Å². The van der Waals surface area contributed by atoms with Crippen LogP contribution in [-0.4, -0.2) is 71.9 Å². The van der Waals surface area contributed by atoms with E-state index in [1.54, 1.807) is 37.1 Å². The third-order valence-electron chi connectivity index (χ3n) is 5.73. The maximum Gasteiger partial charge on any atom is 0.272 e. The average molecular weight is 471 g/mol. The Morgan fingerprint density at radius 3 is 2.36 bits per heavy atom. The lowest BCUT2D eigenvalue weighted by molar-refractivity contribution is 0.0620. The maximum atomic E-state index is 13.4. The van der Waals surface area contributed by atoms with Crippen LogP contribution in [0.2, 0.25) is 0 Å². The van der Waals surface area contributed by atoms with Crippen LogP contribution in [0.3, 0.4) is 0 Å². The van der Waals surface area contributed by atoms with Gasteiger partial charge in [-0.25, -0.2) is 9.37 Å². The van der Waals surface area contributed by atoms with Crippen LogP contribution in [-0.2, 0) is 6.54 Å². The van der Waals surface area contributed by atoms with Crippen molar-refractivity contribution in [2.24, 2.45) is 0 Å². The first kappa shape index (κ1) is 23.1. The summed E-state index contributed by atoms with van der Waals surface area (Å²) in [7, 11) is 3.25. The molecule has 0 unspecified atom stereocenters. The van der Waals surface area contributed by atoms with Gasteiger partial charge in [-0.2, -0.15) is 0 Å². The van der Waals surface area contributed by atoms with E-state index < -0.39 is 0 Å². The number of carbonyl (C=O) groups excluding carboxylic acids is 1. The summed E-state index contributed by atoms with van der Waals surface area (Å²) in [6.45, 7) is 3.54. The molecule has 0 bridgehead atoms. The zero-order valence-electron chi connectivity index (χ0n) is 19.0. The van der Waals surface area contributed by atoms with Crippen LogP contribution >= 0.6 is 11.8 Å². The second-order valence-corrected chi connectivity index (χ2v) is 8.47. The minimum Gasteiger partial charge on any atom is -0.493 e. The summed E-state index contributed by atoms with van der Waals surface area (Å²) in [5.41, 5.74) is 2.33. The highest BCUT2D eigenvalue weighted by molar-refractivity contribution is 7.98. The van der Waals surface area contributed by atoms with Crippen LogP contribution in [0.5, 0.6) is 11.5 Å². The van der Waals surface area contributed by atoms with Gasteiger partial charge >= 0.3 is 0 Å². The molecule has 0 N–H and O–H groups in total. The number of nitrogens with zero attached hydrogens (tertiary/aromatic N) is 4. The highest BCUT2D eigenvalue weighted by Gasteiger charge is 2.26. The number of hydrogen-bond acceptors (Lipinski definition) is 6. The monoisotopic (exact) mass is 470 g/mol. The number of methoxy groups -OCH3 is 2. The van der Waals surface area contributed by atoms with Gasteiger partial charge in [0.25, 0.3) is 5.91 Å². The summed E-state index contributed by atoms with van der Waals surface area (Å²) in [6.07, 6.45) is 3.51. The molecule has 1 aliphatic heterocycles. The number of piperazine rings is 1. The number of ether oxygens (including phenoxy) is 2. The van der Waals surface area contributed by atoms with Gasteiger partial charge in [0.15, 0.2) is 16.7 Å². The molecular weight excluding hydrogens is 443 g/mol. The van der Waals surface area contributed by atoms with Crippen LogP contribution in [0.1, 0.15) is 16.1 Å². The lowest BCUT2D eigenvalue weighted by Crippen LogP contribution is -2.48. The third-order valence-corrected chi connectivity index (χ3v) is 6.38. The Morgan fingerprint density at radius 1 is 1.03 bits per heavy atom. The Bertz CT molecular complexity index is 1110. The van der Waals surface area contributed by atoms with Crippen LogP contribution in [0.25, 0.3) is 5.69 Å². The lowest BCUT2D eigenvalue weighted by atomic mass is 10.1. The Morgan fingerprint density at radius 2 is 1.73 bits per heavy atom. The molecule has 0 radical (unpaired) electrons. The van der Waals surface area contributed by atoms with Gasteiger partial charge in [0.2, 0.25) is 0 Å². The largest absolute Gasteiger partial charge is 0.493 e. The molecule has 1 aromatic heterocycles. The first-order valence-corrected chi connectivity index (χ1v) is 11.9. The van der Waals surface area contributed by atoms with Gasteiger partial charge in [-0.15, -0.1) is 0 Å². The van der Waals surface area contributed by atoms with Crippen molar-refractivity contribution in [1.29, 1.82) is 0 Å². The number of amides is 1. The van der Waals surface area contributed by atoms with Crippen molar-refractivity contribution in [3.63, 3.8) is 0 Å². The predicted molar refractivity (Wildman–Crippen MR) is 126 cm³/mol. The summed E-state index contributed by atoms with van der Waals surface area (Å²) in [4.78, 5) is 21.9. The fourth-order valence-corrected chi connectivity index (χ4v) is 4.52. The zero-order chi connectivity index (χ0) is 23.4. The normalized spacial score (nSPS) is 14.4. The minimum absolute atomic E-state index is 0.0714. The van der Waals surface area contributed by atoms with E-state index in [4.69, 9.17) is 9.47 Å². The smallest absolute Gasteiger partial charge is 0.272 e. The molecule has 1 amide bonds. The number of benzene rings is 2. The summed E-state index contributed by atoms with van der Waals surface area (Å²) in [5, 5.41) is 0.692. The number of hydrogen-bond donors (Lipinski definition) is 0. The van der Waals surface area contributed by atoms with Crippen molar-refractivity contribution in [2.75, 3.05) is 46.7 Å². The fourth-order valence-electron chi connectivity index (χ4n) is 3.98. The molecule has 4 rings (SSSR count).